The molecule has 0 bridgehead atoms. The number of rotatable bonds is 3. The minimum Gasteiger partial charge on any atom is -0.287 e. The number of nitrogens with zero attached hydrogens (tertiary/aromatic N) is 3. The van der Waals surface area contributed by atoms with Crippen LogP contribution in [0.5, 0.6) is 0 Å². The number of hydrogen-bond donors (Lipinski definition) is 0. The van der Waals surface area contributed by atoms with Gasteiger partial charge in [0, 0.05) is 25.0 Å². The SMILES string of the molecule is Fc1cc(Cl)ncc1-c1ncc(CN2CC(F)(F)C2)cc1F. The highest BCUT2D eigenvalue weighted by molar-refractivity contribution is 6.29. The third kappa shape index (κ3) is 3.05. The molecule has 2 aromatic rings. The molecule has 1 saturated heterocycles. The smallest absolute Gasteiger partial charge is 0.272 e. The quantitative estimate of drug-likeness (QED) is 0.636. The van der Waals surface area contributed by atoms with Crippen LogP contribution in [-0.2, 0) is 6.54 Å². The second kappa shape index (κ2) is 5.48. The molecule has 0 aromatic carbocycles. The number of aromatic nitrogens is 2. The Kier molecular flexibility index (Phi) is 3.78. The van der Waals surface area contributed by atoms with Gasteiger partial charge < -0.3 is 0 Å². The summed E-state index contributed by atoms with van der Waals surface area (Å²) in [6.07, 6.45) is 2.43. The van der Waals surface area contributed by atoms with Gasteiger partial charge in [-0.3, -0.25) is 9.88 Å². The molecule has 3 nitrogen and oxygen atoms in total. The van der Waals surface area contributed by atoms with Crippen LogP contribution in [0.2, 0.25) is 5.15 Å². The van der Waals surface area contributed by atoms with E-state index in [1.165, 1.54) is 11.1 Å². The molecule has 1 fully saturated rings. The Hall–Kier alpha value is -1.73. The summed E-state index contributed by atoms with van der Waals surface area (Å²) in [5.74, 6) is -4.15. The summed E-state index contributed by atoms with van der Waals surface area (Å²) < 4.78 is 53.3. The molecule has 1 aliphatic heterocycles. The molecule has 0 N–H and O–H groups in total. The molecule has 0 amide bonds. The highest BCUT2D eigenvalue weighted by atomic mass is 35.5. The van der Waals surface area contributed by atoms with Crippen molar-refractivity contribution in [1.29, 1.82) is 0 Å². The van der Waals surface area contributed by atoms with E-state index < -0.39 is 17.6 Å². The average Bonchev–Trinajstić information content (AvgIpc) is 2.38. The maximum absolute atomic E-state index is 14.1. The molecule has 22 heavy (non-hydrogen) atoms. The Bertz CT molecular complexity index is 715. The largest absolute Gasteiger partial charge is 0.287 e. The van der Waals surface area contributed by atoms with Crippen molar-refractivity contribution in [3.63, 3.8) is 0 Å². The van der Waals surface area contributed by atoms with Crippen LogP contribution < -0.4 is 0 Å². The number of halogens is 5. The van der Waals surface area contributed by atoms with Gasteiger partial charge >= 0.3 is 0 Å². The van der Waals surface area contributed by atoms with Crippen molar-refractivity contribution in [2.75, 3.05) is 13.1 Å². The first-order chi connectivity index (χ1) is 10.3. The third-order valence-electron chi connectivity index (χ3n) is 3.29. The molecule has 0 radical (unpaired) electrons. The summed E-state index contributed by atoms with van der Waals surface area (Å²) in [6.45, 7) is -0.542. The number of likely N-dealkylation sites (tertiary alicyclic amines) is 1. The summed E-state index contributed by atoms with van der Waals surface area (Å²) in [4.78, 5) is 9.04. The van der Waals surface area contributed by atoms with E-state index in [0.717, 1.165) is 18.3 Å². The van der Waals surface area contributed by atoms with E-state index in [1.54, 1.807) is 0 Å². The Morgan fingerprint density at radius 3 is 2.41 bits per heavy atom. The Labute approximate surface area is 128 Å². The van der Waals surface area contributed by atoms with Gasteiger partial charge in [-0.15, -0.1) is 0 Å². The molecule has 8 heteroatoms. The summed E-state index contributed by atoms with van der Waals surface area (Å²) in [5, 5.41) is -0.0445. The third-order valence-corrected chi connectivity index (χ3v) is 3.50. The van der Waals surface area contributed by atoms with Gasteiger partial charge in [-0.1, -0.05) is 11.6 Å². The second-order valence-corrected chi connectivity index (χ2v) is 5.55. The zero-order chi connectivity index (χ0) is 15.9. The molecule has 0 atom stereocenters. The molecule has 116 valence electrons. The van der Waals surface area contributed by atoms with Gasteiger partial charge in [0.1, 0.15) is 22.5 Å². The second-order valence-electron chi connectivity index (χ2n) is 5.16. The van der Waals surface area contributed by atoms with Crippen LogP contribution in [0.3, 0.4) is 0 Å². The number of pyridine rings is 2. The van der Waals surface area contributed by atoms with Gasteiger partial charge in [0.15, 0.2) is 0 Å². The first kappa shape index (κ1) is 15.2. The van der Waals surface area contributed by atoms with E-state index in [9.17, 15) is 17.6 Å². The standard InChI is InChI=1S/C14H10ClF4N3/c15-12-2-10(16)9(4-20-12)13-11(17)1-8(3-21-13)5-22-6-14(18,19)7-22/h1-4H,5-7H2. The lowest BCUT2D eigenvalue weighted by atomic mass is 10.1. The minimum atomic E-state index is -2.68. The van der Waals surface area contributed by atoms with Crippen molar-refractivity contribution in [3.05, 3.63) is 46.9 Å². The molecule has 0 aliphatic carbocycles. The van der Waals surface area contributed by atoms with Crippen LogP contribution in [0.4, 0.5) is 17.6 Å². The molecule has 3 rings (SSSR count). The molecule has 0 unspecified atom stereocenters. The van der Waals surface area contributed by atoms with Gasteiger partial charge in [-0.25, -0.2) is 22.5 Å². The monoisotopic (exact) mass is 331 g/mol. The van der Waals surface area contributed by atoms with E-state index in [0.29, 0.717) is 5.56 Å². The fourth-order valence-corrected chi connectivity index (χ4v) is 2.47. The molecule has 3 heterocycles. The molecular weight excluding hydrogens is 322 g/mol. The summed E-state index contributed by atoms with van der Waals surface area (Å²) >= 11 is 5.54. The van der Waals surface area contributed by atoms with Gasteiger partial charge in [0.25, 0.3) is 5.92 Å². The summed E-state index contributed by atoms with van der Waals surface area (Å²) in [7, 11) is 0. The van der Waals surface area contributed by atoms with Gasteiger partial charge in [-0.2, -0.15) is 0 Å². The van der Waals surface area contributed by atoms with E-state index >= 15 is 0 Å². The van der Waals surface area contributed by atoms with Crippen LogP contribution in [0.15, 0.2) is 24.5 Å². The Morgan fingerprint density at radius 1 is 1.09 bits per heavy atom. The lowest BCUT2D eigenvalue weighted by Crippen LogP contribution is -2.55. The van der Waals surface area contributed by atoms with Crippen molar-refractivity contribution in [3.8, 4) is 11.3 Å². The first-order valence-corrected chi connectivity index (χ1v) is 6.78. The molecular formula is C14H10ClF4N3. The van der Waals surface area contributed by atoms with Crippen LogP contribution in [0, 0.1) is 11.6 Å². The lowest BCUT2D eigenvalue weighted by Gasteiger charge is -2.38. The number of alkyl halides is 2. The highest BCUT2D eigenvalue weighted by Crippen LogP contribution is 2.29. The average molecular weight is 332 g/mol. The van der Waals surface area contributed by atoms with Crippen LogP contribution in [0.1, 0.15) is 5.56 Å². The number of hydrogen-bond acceptors (Lipinski definition) is 3. The van der Waals surface area contributed by atoms with E-state index in [4.69, 9.17) is 11.6 Å². The van der Waals surface area contributed by atoms with E-state index in [1.807, 2.05) is 0 Å². The van der Waals surface area contributed by atoms with Crippen molar-refractivity contribution < 1.29 is 17.6 Å². The Morgan fingerprint density at radius 2 is 1.82 bits per heavy atom. The van der Waals surface area contributed by atoms with Crippen molar-refractivity contribution in [2.45, 2.75) is 12.5 Å². The predicted molar refractivity (Wildman–Crippen MR) is 72.6 cm³/mol. The maximum atomic E-state index is 14.1. The molecule has 0 saturated carbocycles. The zero-order valence-corrected chi connectivity index (χ0v) is 11.9. The maximum Gasteiger partial charge on any atom is 0.272 e. The van der Waals surface area contributed by atoms with Crippen molar-refractivity contribution in [1.82, 2.24) is 14.9 Å². The first-order valence-electron chi connectivity index (χ1n) is 6.40. The summed E-state index contributed by atoms with van der Waals surface area (Å²) in [6, 6.07) is 2.13. The van der Waals surface area contributed by atoms with Gasteiger partial charge in [0.05, 0.1) is 18.7 Å². The predicted octanol–water partition coefficient (Wildman–Crippen LogP) is 3.53. The molecule has 1 aliphatic rings. The summed E-state index contributed by atoms with van der Waals surface area (Å²) in [5.41, 5.74) is 0.141. The highest BCUT2D eigenvalue weighted by Gasteiger charge is 2.43. The topological polar surface area (TPSA) is 29.0 Å². The minimum absolute atomic E-state index is 0.0445. The lowest BCUT2D eigenvalue weighted by molar-refractivity contribution is -0.133. The van der Waals surface area contributed by atoms with Gasteiger partial charge in [-0.05, 0) is 11.6 Å². The molecule has 2 aromatic heterocycles. The van der Waals surface area contributed by atoms with Crippen molar-refractivity contribution in [2.24, 2.45) is 0 Å². The van der Waals surface area contributed by atoms with E-state index in [2.05, 4.69) is 9.97 Å². The van der Waals surface area contributed by atoms with Crippen LogP contribution in [0.25, 0.3) is 11.3 Å². The normalized spacial score (nSPS) is 17.3. The fraction of sp³-hybridized carbons (Fsp3) is 0.286. The van der Waals surface area contributed by atoms with Crippen LogP contribution in [-0.4, -0.2) is 33.9 Å². The van der Waals surface area contributed by atoms with Gasteiger partial charge in [0.2, 0.25) is 0 Å². The molecule has 0 spiro atoms. The van der Waals surface area contributed by atoms with Crippen LogP contribution >= 0.6 is 11.6 Å². The zero-order valence-electron chi connectivity index (χ0n) is 11.2. The van der Waals surface area contributed by atoms with E-state index in [-0.39, 0.29) is 36.0 Å². The fourth-order valence-electron chi connectivity index (χ4n) is 2.32. The van der Waals surface area contributed by atoms with Crippen molar-refractivity contribution >= 4 is 11.6 Å². The Balaban J connectivity index is 1.80.